The van der Waals surface area contributed by atoms with Crippen molar-refractivity contribution in [2.24, 2.45) is 5.92 Å². The van der Waals surface area contributed by atoms with E-state index in [9.17, 15) is 9.59 Å². The van der Waals surface area contributed by atoms with E-state index in [4.69, 9.17) is 9.47 Å². The zero-order valence-electron chi connectivity index (χ0n) is 20.0. The summed E-state index contributed by atoms with van der Waals surface area (Å²) in [7, 11) is 1.70. The molecule has 0 radical (unpaired) electrons. The SMILES string of the molecule is CCOC(=O)N1C2CCC3CC(N4CCC5(CC4)CN(C(C)=O)c4ccc(OC)cc45)CC321. The van der Waals surface area contributed by atoms with Gasteiger partial charge in [-0.3, -0.25) is 9.69 Å². The van der Waals surface area contributed by atoms with Crippen molar-refractivity contribution in [1.29, 1.82) is 0 Å². The topological polar surface area (TPSA) is 62.1 Å². The fourth-order valence-corrected chi connectivity index (χ4v) is 7.95. The highest BCUT2D eigenvalue weighted by molar-refractivity contribution is 5.95. The molecule has 0 N–H and O–H groups in total. The Balaban J connectivity index is 1.18. The maximum absolute atomic E-state index is 12.5. The summed E-state index contributed by atoms with van der Waals surface area (Å²) in [6, 6.07) is 7.11. The first kappa shape index (κ1) is 21.3. The van der Waals surface area contributed by atoms with Crippen molar-refractivity contribution in [2.45, 2.75) is 75.4 Å². The molecule has 178 valence electrons. The third-order valence-corrected chi connectivity index (χ3v) is 9.53. The number of likely N-dealkylation sites (tertiary alicyclic amines) is 2. The minimum Gasteiger partial charge on any atom is -0.497 e. The van der Waals surface area contributed by atoms with Crippen molar-refractivity contribution in [1.82, 2.24) is 9.80 Å². The van der Waals surface area contributed by atoms with Gasteiger partial charge in [-0.1, -0.05) is 0 Å². The van der Waals surface area contributed by atoms with Gasteiger partial charge < -0.3 is 19.3 Å². The van der Waals surface area contributed by atoms with Crippen LogP contribution in [0, 0.1) is 5.92 Å². The smallest absolute Gasteiger partial charge is 0.410 e. The van der Waals surface area contributed by atoms with Crippen LogP contribution in [0.3, 0.4) is 0 Å². The molecule has 4 fully saturated rings. The van der Waals surface area contributed by atoms with Crippen LogP contribution in [-0.2, 0) is 14.9 Å². The van der Waals surface area contributed by atoms with Gasteiger partial charge in [0.1, 0.15) is 5.75 Å². The Labute approximate surface area is 196 Å². The molecule has 5 aliphatic rings. The number of methoxy groups -OCH3 is 1. The summed E-state index contributed by atoms with van der Waals surface area (Å²) in [5.74, 6) is 1.60. The number of amides is 2. The number of piperidine rings is 2. The Morgan fingerprint density at radius 1 is 1.18 bits per heavy atom. The lowest BCUT2D eigenvalue weighted by Crippen LogP contribution is -2.48. The lowest BCUT2D eigenvalue weighted by Gasteiger charge is -2.42. The Hall–Kier alpha value is -2.28. The second kappa shape index (κ2) is 7.36. The zero-order valence-corrected chi connectivity index (χ0v) is 20.0. The van der Waals surface area contributed by atoms with Crippen LogP contribution in [0.1, 0.15) is 57.9 Å². The molecule has 0 aromatic heterocycles. The van der Waals surface area contributed by atoms with E-state index in [1.54, 1.807) is 14.0 Å². The molecule has 33 heavy (non-hydrogen) atoms. The van der Waals surface area contributed by atoms with Crippen LogP contribution in [0.25, 0.3) is 0 Å². The summed E-state index contributed by atoms with van der Waals surface area (Å²) >= 11 is 0. The van der Waals surface area contributed by atoms with Crippen molar-refractivity contribution in [2.75, 3.05) is 38.3 Å². The van der Waals surface area contributed by atoms with Crippen LogP contribution in [-0.4, -0.2) is 72.8 Å². The molecule has 2 spiro atoms. The summed E-state index contributed by atoms with van der Waals surface area (Å²) < 4.78 is 10.9. The number of rotatable bonds is 3. The molecular formula is C26H35N3O4. The van der Waals surface area contributed by atoms with Gasteiger partial charge in [-0.05, 0) is 88.2 Å². The summed E-state index contributed by atoms with van der Waals surface area (Å²) in [5.41, 5.74) is 2.41. The first-order valence-corrected chi connectivity index (χ1v) is 12.6. The van der Waals surface area contributed by atoms with Crippen LogP contribution in [0.2, 0.25) is 0 Å². The number of carbonyl (C=O) groups is 2. The van der Waals surface area contributed by atoms with Gasteiger partial charge in [-0.25, -0.2) is 4.79 Å². The molecule has 7 nitrogen and oxygen atoms in total. The second-order valence-electron chi connectivity index (χ2n) is 10.7. The molecule has 2 saturated carbocycles. The van der Waals surface area contributed by atoms with Crippen LogP contribution < -0.4 is 9.64 Å². The van der Waals surface area contributed by atoms with Gasteiger partial charge in [0, 0.05) is 30.6 Å². The minimum absolute atomic E-state index is 0.0118. The van der Waals surface area contributed by atoms with Crippen LogP contribution in [0.15, 0.2) is 18.2 Å². The molecule has 6 rings (SSSR count). The van der Waals surface area contributed by atoms with E-state index in [1.807, 2.05) is 24.0 Å². The lowest BCUT2D eigenvalue weighted by molar-refractivity contribution is -0.116. The molecule has 1 aromatic rings. The van der Waals surface area contributed by atoms with Crippen molar-refractivity contribution in [3.63, 3.8) is 0 Å². The second-order valence-corrected chi connectivity index (χ2v) is 10.7. The normalized spacial score (nSPS) is 33.6. The number of benzene rings is 1. The number of nitrogens with zero attached hydrogens (tertiary/aromatic N) is 3. The fourth-order valence-electron chi connectivity index (χ4n) is 7.95. The van der Waals surface area contributed by atoms with Crippen LogP contribution in [0.5, 0.6) is 5.75 Å². The highest BCUT2D eigenvalue weighted by Gasteiger charge is 2.75. The number of ether oxygens (including phenoxy) is 2. The predicted molar refractivity (Wildman–Crippen MR) is 125 cm³/mol. The number of fused-ring (bicyclic) bond motifs is 2. The van der Waals surface area contributed by atoms with Crippen molar-refractivity contribution < 1.29 is 19.1 Å². The third kappa shape index (κ3) is 2.90. The van der Waals surface area contributed by atoms with Crippen LogP contribution >= 0.6 is 0 Å². The highest BCUT2D eigenvalue weighted by atomic mass is 16.6. The molecule has 2 aliphatic carbocycles. The quantitative estimate of drug-likeness (QED) is 0.655. The average molecular weight is 454 g/mol. The lowest BCUT2D eigenvalue weighted by atomic mass is 9.74. The van der Waals surface area contributed by atoms with E-state index in [-0.39, 0.29) is 23.0 Å². The van der Waals surface area contributed by atoms with E-state index in [0.29, 0.717) is 24.6 Å². The Morgan fingerprint density at radius 2 is 1.97 bits per heavy atom. The maximum Gasteiger partial charge on any atom is 0.410 e. The van der Waals surface area contributed by atoms with Gasteiger partial charge in [-0.2, -0.15) is 0 Å². The highest BCUT2D eigenvalue weighted by Crippen LogP contribution is 2.65. The number of carbonyl (C=O) groups excluding carboxylic acids is 2. The maximum atomic E-state index is 12.5. The van der Waals surface area contributed by atoms with E-state index in [2.05, 4.69) is 15.9 Å². The van der Waals surface area contributed by atoms with Crippen molar-refractivity contribution >= 4 is 17.7 Å². The molecule has 4 atom stereocenters. The molecule has 3 aliphatic heterocycles. The fraction of sp³-hybridized carbons (Fsp3) is 0.692. The molecule has 3 heterocycles. The molecule has 7 heteroatoms. The monoisotopic (exact) mass is 453 g/mol. The minimum atomic E-state index is -0.105. The Kier molecular flexibility index (Phi) is 4.74. The Bertz CT molecular complexity index is 988. The van der Waals surface area contributed by atoms with Gasteiger partial charge in [-0.15, -0.1) is 0 Å². The number of anilines is 1. The number of hydrogen-bond donors (Lipinski definition) is 0. The van der Waals surface area contributed by atoms with Crippen molar-refractivity contribution in [3.05, 3.63) is 23.8 Å². The van der Waals surface area contributed by atoms with Gasteiger partial charge >= 0.3 is 6.09 Å². The van der Waals surface area contributed by atoms with E-state index in [0.717, 1.165) is 56.8 Å². The van der Waals surface area contributed by atoms with Crippen molar-refractivity contribution in [3.8, 4) is 5.75 Å². The van der Waals surface area contributed by atoms with E-state index >= 15 is 0 Å². The first-order valence-electron chi connectivity index (χ1n) is 12.6. The van der Waals surface area contributed by atoms with E-state index in [1.165, 1.54) is 18.4 Å². The molecule has 0 bridgehead atoms. The van der Waals surface area contributed by atoms with Crippen LogP contribution in [0.4, 0.5) is 10.5 Å². The number of hydrogen-bond acceptors (Lipinski definition) is 5. The van der Waals surface area contributed by atoms with Gasteiger partial charge in [0.25, 0.3) is 0 Å². The first-order chi connectivity index (χ1) is 15.9. The summed E-state index contributed by atoms with van der Waals surface area (Å²) in [5, 5.41) is 0. The Morgan fingerprint density at radius 3 is 2.67 bits per heavy atom. The third-order valence-electron chi connectivity index (χ3n) is 9.53. The summed E-state index contributed by atoms with van der Waals surface area (Å²) in [6.45, 7) is 6.86. The molecule has 2 amide bonds. The van der Waals surface area contributed by atoms with E-state index < -0.39 is 0 Å². The van der Waals surface area contributed by atoms with Gasteiger partial charge in [0.15, 0.2) is 0 Å². The average Bonchev–Trinajstić information content (AvgIpc) is 3.08. The zero-order chi connectivity index (χ0) is 23.0. The standard InChI is InChI=1S/C26H35N3O4/c1-4-33-24(31)29-23-8-5-18-13-19(15-26(18,23)29)27-11-9-25(10-12-27)16-28(17(2)30)22-7-6-20(32-3)14-21(22)25/h6-7,14,18-19,23H,4-5,8-13,15-16H2,1-3H3. The summed E-state index contributed by atoms with van der Waals surface area (Å²) in [4.78, 5) is 31.6. The predicted octanol–water partition coefficient (Wildman–Crippen LogP) is 3.55. The molecule has 1 aromatic carbocycles. The van der Waals surface area contributed by atoms with Gasteiger partial charge in [0.05, 0.1) is 25.3 Å². The molecule has 2 saturated heterocycles. The molecule has 4 unspecified atom stereocenters. The molecular weight excluding hydrogens is 418 g/mol. The van der Waals surface area contributed by atoms with Gasteiger partial charge in [0.2, 0.25) is 5.91 Å². The summed E-state index contributed by atoms with van der Waals surface area (Å²) in [6.07, 6.45) is 6.67. The largest absolute Gasteiger partial charge is 0.497 e.